The molecule has 72 valence electrons. The number of hydrogen-bond acceptors (Lipinski definition) is 2. The standard InChI is InChI=1S/C10H13BrOS/c1-13-10-6-2-5-9(11)8(10)4-3-7-12/h2,5-6,12H,3-4,7H2,1H3. The van der Waals surface area contributed by atoms with E-state index in [1.165, 1.54) is 10.5 Å². The number of rotatable bonds is 4. The number of aliphatic hydroxyl groups is 1. The summed E-state index contributed by atoms with van der Waals surface area (Å²) in [5, 5.41) is 8.76. The van der Waals surface area contributed by atoms with E-state index in [9.17, 15) is 0 Å². The molecule has 1 N–H and O–H groups in total. The molecule has 1 aromatic rings. The Labute approximate surface area is 91.7 Å². The van der Waals surface area contributed by atoms with E-state index in [0.717, 1.165) is 17.3 Å². The van der Waals surface area contributed by atoms with Crippen molar-refractivity contribution in [3.63, 3.8) is 0 Å². The van der Waals surface area contributed by atoms with Gasteiger partial charge in [-0.25, -0.2) is 0 Å². The summed E-state index contributed by atoms with van der Waals surface area (Å²) in [6, 6.07) is 6.20. The normalized spacial score (nSPS) is 10.4. The molecule has 0 fully saturated rings. The third-order valence-corrected chi connectivity index (χ3v) is 3.45. The molecule has 0 aliphatic carbocycles. The minimum atomic E-state index is 0.259. The highest BCUT2D eigenvalue weighted by Crippen LogP contribution is 2.28. The van der Waals surface area contributed by atoms with Crippen molar-refractivity contribution in [2.45, 2.75) is 17.7 Å². The molecule has 0 spiro atoms. The molecule has 1 aromatic carbocycles. The van der Waals surface area contributed by atoms with Crippen molar-refractivity contribution < 1.29 is 5.11 Å². The molecular formula is C10H13BrOS. The molecule has 0 unspecified atom stereocenters. The molecule has 0 bridgehead atoms. The summed E-state index contributed by atoms with van der Waals surface area (Å²) >= 11 is 5.27. The number of halogens is 1. The van der Waals surface area contributed by atoms with Crippen molar-refractivity contribution in [2.24, 2.45) is 0 Å². The molecule has 0 aliphatic rings. The SMILES string of the molecule is CSc1cccc(Br)c1CCCO. The fourth-order valence-electron chi connectivity index (χ4n) is 1.23. The van der Waals surface area contributed by atoms with E-state index in [-0.39, 0.29) is 6.61 Å². The van der Waals surface area contributed by atoms with Crippen LogP contribution in [-0.4, -0.2) is 18.0 Å². The van der Waals surface area contributed by atoms with Crippen LogP contribution in [0.15, 0.2) is 27.6 Å². The van der Waals surface area contributed by atoms with Gasteiger partial charge in [0.05, 0.1) is 0 Å². The maximum atomic E-state index is 8.76. The molecule has 0 heterocycles. The first-order chi connectivity index (χ1) is 6.29. The lowest BCUT2D eigenvalue weighted by Gasteiger charge is -2.08. The lowest BCUT2D eigenvalue weighted by Crippen LogP contribution is -1.93. The predicted molar refractivity (Wildman–Crippen MR) is 61.3 cm³/mol. The summed E-state index contributed by atoms with van der Waals surface area (Å²) in [5.41, 5.74) is 1.31. The van der Waals surface area contributed by atoms with E-state index in [0.29, 0.717) is 0 Å². The smallest absolute Gasteiger partial charge is 0.0434 e. The van der Waals surface area contributed by atoms with Crippen LogP contribution in [0.1, 0.15) is 12.0 Å². The van der Waals surface area contributed by atoms with Gasteiger partial charge in [0.1, 0.15) is 0 Å². The molecule has 13 heavy (non-hydrogen) atoms. The van der Waals surface area contributed by atoms with Gasteiger partial charge in [-0.3, -0.25) is 0 Å². The van der Waals surface area contributed by atoms with Crippen LogP contribution in [-0.2, 0) is 6.42 Å². The van der Waals surface area contributed by atoms with Gasteiger partial charge in [-0.2, -0.15) is 0 Å². The van der Waals surface area contributed by atoms with Crippen LogP contribution < -0.4 is 0 Å². The van der Waals surface area contributed by atoms with E-state index in [1.807, 2.05) is 12.1 Å². The van der Waals surface area contributed by atoms with Gasteiger partial charge in [0, 0.05) is 16.0 Å². The molecule has 3 heteroatoms. The first-order valence-electron chi connectivity index (χ1n) is 4.22. The average molecular weight is 261 g/mol. The molecule has 0 saturated heterocycles. The van der Waals surface area contributed by atoms with Crippen molar-refractivity contribution >= 4 is 27.7 Å². The Bertz CT molecular complexity index is 276. The average Bonchev–Trinajstić information content (AvgIpc) is 2.15. The second kappa shape index (κ2) is 5.68. The zero-order valence-corrected chi connectivity index (χ0v) is 9.99. The minimum absolute atomic E-state index is 0.259. The van der Waals surface area contributed by atoms with Crippen LogP contribution in [0.2, 0.25) is 0 Å². The maximum Gasteiger partial charge on any atom is 0.0434 e. The lowest BCUT2D eigenvalue weighted by atomic mass is 10.1. The van der Waals surface area contributed by atoms with Gasteiger partial charge < -0.3 is 5.11 Å². The molecule has 1 rings (SSSR count). The number of benzene rings is 1. The Hall–Kier alpha value is 0.01000. The van der Waals surface area contributed by atoms with Gasteiger partial charge in [0.25, 0.3) is 0 Å². The van der Waals surface area contributed by atoms with E-state index in [2.05, 4.69) is 28.3 Å². The molecule has 0 saturated carbocycles. The van der Waals surface area contributed by atoms with Gasteiger partial charge in [-0.05, 0) is 36.8 Å². The van der Waals surface area contributed by atoms with Crippen molar-refractivity contribution in [1.82, 2.24) is 0 Å². The zero-order valence-electron chi connectivity index (χ0n) is 7.59. The fraction of sp³-hybridized carbons (Fsp3) is 0.400. The molecular weight excluding hydrogens is 248 g/mol. The first-order valence-corrected chi connectivity index (χ1v) is 6.23. The highest BCUT2D eigenvalue weighted by molar-refractivity contribution is 9.10. The Kier molecular flexibility index (Phi) is 4.84. The van der Waals surface area contributed by atoms with Gasteiger partial charge in [-0.1, -0.05) is 22.0 Å². The summed E-state index contributed by atoms with van der Waals surface area (Å²) in [7, 11) is 0. The summed E-state index contributed by atoms with van der Waals surface area (Å²) < 4.78 is 1.15. The molecule has 0 aliphatic heterocycles. The van der Waals surface area contributed by atoms with Crippen molar-refractivity contribution in [3.8, 4) is 0 Å². The van der Waals surface area contributed by atoms with E-state index in [4.69, 9.17) is 5.11 Å². The molecule has 0 amide bonds. The highest BCUT2D eigenvalue weighted by Gasteiger charge is 2.04. The maximum absolute atomic E-state index is 8.76. The molecule has 0 radical (unpaired) electrons. The summed E-state index contributed by atoms with van der Waals surface area (Å²) in [6.45, 7) is 0.259. The third kappa shape index (κ3) is 3.01. The molecule has 0 aromatic heterocycles. The van der Waals surface area contributed by atoms with Crippen molar-refractivity contribution in [3.05, 3.63) is 28.2 Å². The van der Waals surface area contributed by atoms with E-state index < -0.39 is 0 Å². The number of thioether (sulfide) groups is 1. The van der Waals surface area contributed by atoms with Gasteiger partial charge in [-0.15, -0.1) is 11.8 Å². The summed E-state index contributed by atoms with van der Waals surface area (Å²) in [5.74, 6) is 0. The summed E-state index contributed by atoms with van der Waals surface area (Å²) in [4.78, 5) is 1.29. The second-order valence-corrected chi connectivity index (χ2v) is 4.45. The van der Waals surface area contributed by atoms with Gasteiger partial charge >= 0.3 is 0 Å². The van der Waals surface area contributed by atoms with Crippen LogP contribution >= 0.6 is 27.7 Å². The quantitative estimate of drug-likeness (QED) is 0.840. The Morgan fingerprint density at radius 1 is 1.46 bits per heavy atom. The van der Waals surface area contributed by atoms with Crippen LogP contribution in [0.5, 0.6) is 0 Å². The first kappa shape index (κ1) is 11.1. The third-order valence-electron chi connectivity index (χ3n) is 1.88. The predicted octanol–water partition coefficient (Wildman–Crippen LogP) is 3.10. The highest BCUT2D eigenvalue weighted by atomic mass is 79.9. The van der Waals surface area contributed by atoms with Crippen molar-refractivity contribution in [2.75, 3.05) is 12.9 Å². The minimum Gasteiger partial charge on any atom is -0.396 e. The number of aliphatic hydroxyl groups excluding tert-OH is 1. The monoisotopic (exact) mass is 260 g/mol. The summed E-state index contributed by atoms with van der Waals surface area (Å²) in [6.07, 6.45) is 3.84. The van der Waals surface area contributed by atoms with Gasteiger partial charge in [0.15, 0.2) is 0 Å². The largest absolute Gasteiger partial charge is 0.396 e. The zero-order chi connectivity index (χ0) is 9.68. The second-order valence-electron chi connectivity index (χ2n) is 2.75. The van der Waals surface area contributed by atoms with Crippen LogP contribution in [0.25, 0.3) is 0 Å². The Morgan fingerprint density at radius 2 is 2.23 bits per heavy atom. The Morgan fingerprint density at radius 3 is 2.85 bits per heavy atom. The molecule has 0 atom stereocenters. The van der Waals surface area contributed by atoms with Crippen molar-refractivity contribution in [1.29, 1.82) is 0 Å². The number of hydrogen-bond donors (Lipinski definition) is 1. The van der Waals surface area contributed by atoms with Crippen LogP contribution in [0, 0.1) is 0 Å². The lowest BCUT2D eigenvalue weighted by molar-refractivity contribution is 0.288. The molecule has 1 nitrogen and oxygen atoms in total. The van der Waals surface area contributed by atoms with Gasteiger partial charge in [0.2, 0.25) is 0 Å². The van der Waals surface area contributed by atoms with Crippen LogP contribution in [0.3, 0.4) is 0 Å². The Balaban J connectivity index is 2.87. The topological polar surface area (TPSA) is 20.2 Å². The van der Waals surface area contributed by atoms with Crippen LogP contribution in [0.4, 0.5) is 0 Å². The van der Waals surface area contributed by atoms with E-state index >= 15 is 0 Å². The van der Waals surface area contributed by atoms with E-state index in [1.54, 1.807) is 11.8 Å². The fourth-order valence-corrected chi connectivity index (χ4v) is 2.60.